The number of allylic oxidation sites excluding steroid dienone is 1. The Morgan fingerprint density at radius 1 is 1.23 bits per heavy atom. The second kappa shape index (κ2) is 6.77. The van der Waals surface area contributed by atoms with Gasteiger partial charge in [-0.1, -0.05) is 0 Å². The third-order valence-electron chi connectivity index (χ3n) is 3.95. The number of aliphatic hydroxyl groups excluding tert-OH is 6. The second-order valence-electron chi connectivity index (χ2n) is 5.38. The Kier molecular flexibility index (Phi) is 5.41. The van der Waals surface area contributed by atoms with Crippen LogP contribution in [0.4, 0.5) is 0 Å². The van der Waals surface area contributed by atoms with Gasteiger partial charge in [0.15, 0.2) is 6.10 Å². The van der Waals surface area contributed by atoms with Gasteiger partial charge in [-0.3, -0.25) is 0 Å². The van der Waals surface area contributed by atoms with E-state index in [1.165, 1.54) is 6.08 Å². The van der Waals surface area contributed by atoms with Crippen molar-refractivity contribution in [3.05, 3.63) is 11.8 Å². The van der Waals surface area contributed by atoms with Crippen molar-refractivity contribution in [1.82, 2.24) is 0 Å². The van der Waals surface area contributed by atoms with Crippen molar-refractivity contribution in [1.29, 1.82) is 0 Å². The Hall–Kier alpha value is -0.780. The van der Waals surface area contributed by atoms with E-state index < -0.39 is 49.0 Å². The van der Waals surface area contributed by atoms with Gasteiger partial charge < -0.3 is 44.8 Å². The standard InChI is InChI=1S/C13H22O9/c1-2-7-10(17)11(18)8(22-7)4-21-13(5-14)12(19)9(16)6(15)3-20-13/h2,6,8-12,14-19H,3-5H2,1H3/b7-2-/t6-,8-,9-,10+,11-,12-,13+/m1/s1. The van der Waals surface area contributed by atoms with E-state index in [9.17, 15) is 30.6 Å². The fraction of sp³-hybridized carbons (Fsp3) is 0.846. The van der Waals surface area contributed by atoms with Crippen LogP contribution in [0, 0.1) is 0 Å². The van der Waals surface area contributed by atoms with Crippen molar-refractivity contribution in [3.8, 4) is 0 Å². The van der Waals surface area contributed by atoms with E-state index in [0.29, 0.717) is 0 Å². The summed E-state index contributed by atoms with van der Waals surface area (Å²) in [6.45, 7) is 0.209. The van der Waals surface area contributed by atoms with Gasteiger partial charge in [0, 0.05) is 0 Å². The molecule has 2 aliphatic rings. The maximum atomic E-state index is 9.96. The first-order valence-corrected chi connectivity index (χ1v) is 6.98. The molecule has 2 fully saturated rings. The molecular weight excluding hydrogens is 300 g/mol. The molecular formula is C13H22O9. The molecule has 6 N–H and O–H groups in total. The molecule has 0 spiro atoms. The summed E-state index contributed by atoms with van der Waals surface area (Å²) in [6.07, 6.45) is -6.39. The molecule has 0 aromatic heterocycles. The molecule has 2 heterocycles. The van der Waals surface area contributed by atoms with Crippen molar-refractivity contribution in [2.45, 2.75) is 49.3 Å². The summed E-state index contributed by atoms with van der Waals surface area (Å²) >= 11 is 0. The van der Waals surface area contributed by atoms with Crippen LogP contribution in [-0.4, -0.2) is 92.9 Å². The highest BCUT2D eigenvalue weighted by atomic mass is 16.7. The Balaban J connectivity index is 2.03. The molecule has 0 bridgehead atoms. The first-order chi connectivity index (χ1) is 10.4. The lowest BCUT2D eigenvalue weighted by molar-refractivity contribution is -0.353. The summed E-state index contributed by atoms with van der Waals surface area (Å²) in [5.74, 6) is -1.74. The monoisotopic (exact) mass is 322 g/mol. The molecule has 0 aliphatic carbocycles. The number of hydrogen-bond donors (Lipinski definition) is 6. The molecule has 7 atom stereocenters. The lowest BCUT2D eigenvalue weighted by Gasteiger charge is -2.44. The SMILES string of the molecule is C/C=C1\O[C@H](CO[C@]2(CO)OC[C@@H](O)[C@@H](O)[C@H]2O)[C@@H](O)[C@H]1O. The van der Waals surface area contributed by atoms with Gasteiger partial charge in [-0.25, -0.2) is 0 Å². The van der Waals surface area contributed by atoms with Crippen LogP contribution in [0.15, 0.2) is 11.8 Å². The molecule has 22 heavy (non-hydrogen) atoms. The molecule has 0 amide bonds. The maximum absolute atomic E-state index is 9.96. The molecule has 0 aromatic rings. The largest absolute Gasteiger partial charge is 0.487 e. The van der Waals surface area contributed by atoms with E-state index in [-0.39, 0.29) is 19.0 Å². The summed E-state index contributed by atoms with van der Waals surface area (Å²) in [5.41, 5.74) is 0. The molecule has 0 aromatic carbocycles. The second-order valence-corrected chi connectivity index (χ2v) is 5.38. The van der Waals surface area contributed by atoms with E-state index in [4.69, 9.17) is 14.2 Å². The van der Waals surface area contributed by atoms with E-state index >= 15 is 0 Å². The van der Waals surface area contributed by atoms with Gasteiger partial charge in [0.2, 0.25) is 5.79 Å². The van der Waals surface area contributed by atoms with E-state index in [1.807, 2.05) is 0 Å². The Morgan fingerprint density at radius 2 is 1.91 bits per heavy atom. The van der Waals surface area contributed by atoms with Gasteiger partial charge in [-0.2, -0.15) is 0 Å². The summed E-state index contributed by atoms with van der Waals surface area (Å²) in [5, 5.41) is 58.1. The predicted molar refractivity (Wildman–Crippen MR) is 70.4 cm³/mol. The zero-order valence-corrected chi connectivity index (χ0v) is 12.1. The van der Waals surface area contributed by atoms with Crippen LogP contribution in [-0.2, 0) is 14.2 Å². The minimum Gasteiger partial charge on any atom is -0.487 e. The third-order valence-corrected chi connectivity index (χ3v) is 3.95. The lowest BCUT2D eigenvalue weighted by atomic mass is 9.97. The zero-order chi connectivity index (χ0) is 16.5. The molecule has 128 valence electrons. The van der Waals surface area contributed by atoms with Gasteiger partial charge in [0.05, 0.1) is 13.2 Å². The summed E-state index contributed by atoms with van der Waals surface area (Å²) in [7, 11) is 0. The van der Waals surface area contributed by atoms with Gasteiger partial charge in [0.1, 0.15) is 42.9 Å². The average Bonchev–Trinajstić information content (AvgIpc) is 2.80. The normalized spacial score (nSPS) is 47.7. The third kappa shape index (κ3) is 2.99. The first kappa shape index (κ1) is 17.6. The molecule has 9 nitrogen and oxygen atoms in total. The van der Waals surface area contributed by atoms with Crippen LogP contribution in [0.5, 0.6) is 0 Å². The summed E-state index contributed by atoms with van der Waals surface area (Å²) in [6, 6.07) is 0. The van der Waals surface area contributed by atoms with Gasteiger partial charge in [-0.05, 0) is 13.0 Å². The number of rotatable bonds is 4. The summed E-state index contributed by atoms with van der Waals surface area (Å²) in [4.78, 5) is 0. The number of aliphatic hydroxyl groups is 6. The molecule has 2 saturated heterocycles. The average molecular weight is 322 g/mol. The molecule has 0 saturated carbocycles. The number of ether oxygens (including phenoxy) is 3. The van der Waals surface area contributed by atoms with E-state index in [2.05, 4.69) is 0 Å². The Labute approximate surface area is 127 Å². The van der Waals surface area contributed by atoms with Crippen molar-refractivity contribution in [3.63, 3.8) is 0 Å². The van der Waals surface area contributed by atoms with Gasteiger partial charge in [-0.15, -0.1) is 0 Å². The highest BCUT2D eigenvalue weighted by Gasteiger charge is 2.51. The molecule has 2 rings (SSSR count). The smallest absolute Gasteiger partial charge is 0.221 e. The van der Waals surface area contributed by atoms with Gasteiger partial charge >= 0.3 is 0 Å². The number of hydrogen-bond acceptors (Lipinski definition) is 9. The Morgan fingerprint density at radius 3 is 2.45 bits per heavy atom. The molecule has 2 aliphatic heterocycles. The minimum absolute atomic E-state index is 0.194. The first-order valence-electron chi connectivity index (χ1n) is 6.98. The fourth-order valence-corrected chi connectivity index (χ4v) is 2.47. The van der Waals surface area contributed by atoms with Crippen LogP contribution >= 0.6 is 0 Å². The van der Waals surface area contributed by atoms with Crippen molar-refractivity contribution >= 4 is 0 Å². The van der Waals surface area contributed by atoms with Crippen LogP contribution in [0.3, 0.4) is 0 Å². The van der Waals surface area contributed by atoms with Crippen LogP contribution in [0.2, 0.25) is 0 Å². The minimum atomic E-state index is -1.94. The predicted octanol–water partition coefficient (Wildman–Crippen LogP) is -3.17. The van der Waals surface area contributed by atoms with Crippen LogP contribution in [0.1, 0.15) is 6.92 Å². The van der Waals surface area contributed by atoms with Crippen LogP contribution < -0.4 is 0 Å². The zero-order valence-electron chi connectivity index (χ0n) is 12.1. The highest BCUT2D eigenvalue weighted by Crippen LogP contribution is 2.30. The van der Waals surface area contributed by atoms with Gasteiger partial charge in [0.25, 0.3) is 0 Å². The van der Waals surface area contributed by atoms with Crippen LogP contribution in [0.25, 0.3) is 0 Å². The quantitative estimate of drug-likeness (QED) is 0.315. The van der Waals surface area contributed by atoms with E-state index in [0.717, 1.165) is 0 Å². The summed E-state index contributed by atoms with van der Waals surface area (Å²) < 4.78 is 15.8. The topological polar surface area (TPSA) is 149 Å². The Bertz CT molecular complexity index is 414. The van der Waals surface area contributed by atoms with E-state index in [1.54, 1.807) is 6.92 Å². The van der Waals surface area contributed by atoms with Crippen molar-refractivity contribution < 1.29 is 44.8 Å². The fourth-order valence-electron chi connectivity index (χ4n) is 2.47. The highest BCUT2D eigenvalue weighted by molar-refractivity contribution is 5.09. The molecule has 0 radical (unpaired) electrons. The lowest BCUT2D eigenvalue weighted by Crippen LogP contribution is -2.64. The molecule has 0 unspecified atom stereocenters. The van der Waals surface area contributed by atoms with Crippen molar-refractivity contribution in [2.24, 2.45) is 0 Å². The van der Waals surface area contributed by atoms with Crippen molar-refractivity contribution in [2.75, 3.05) is 19.8 Å². The molecule has 9 heteroatoms. The maximum Gasteiger partial charge on any atom is 0.221 e.